The lowest BCUT2D eigenvalue weighted by atomic mass is 9.87. The van der Waals surface area contributed by atoms with Crippen LogP contribution in [0.5, 0.6) is 0 Å². The minimum Gasteiger partial charge on any atom is -0.319 e. The van der Waals surface area contributed by atoms with Crippen molar-refractivity contribution in [2.45, 2.75) is 45.6 Å². The van der Waals surface area contributed by atoms with Crippen LogP contribution in [-0.4, -0.2) is 29.2 Å². The van der Waals surface area contributed by atoms with E-state index in [0.717, 1.165) is 22.4 Å². The smallest absolute Gasteiger partial charge is 0.319 e. The van der Waals surface area contributed by atoms with Crippen LogP contribution in [0.4, 0.5) is 9.18 Å². The molecule has 1 N–H and O–H groups in total. The minimum atomic E-state index is -1.29. The predicted octanol–water partition coefficient (Wildman–Crippen LogP) is 3.99. The van der Waals surface area contributed by atoms with E-state index in [0.29, 0.717) is 24.0 Å². The Morgan fingerprint density at radius 3 is 2.31 bits per heavy atom. The molecule has 0 aliphatic carbocycles. The number of aryl methyl sites for hydroxylation is 2. The van der Waals surface area contributed by atoms with Crippen molar-refractivity contribution in [1.82, 2.24) is 10.2 Å². The molecule has 1 aliphatic heterocycles. The van der Waals surface area contributed by atoms with Crippen molar-refractivity contribution < 1.29 is 18.8 Å². The zero-order valence-electron chi connectivity index (χ0n) is 16.9. The summed E-state index contributed by atoms with van der Waals surface area (Å²) in [6, 6.07) is 10.6. The highest BCUT2D eigenvalue weighted by Gasteiger charge is 2.51. The van der Waals surface area contributed by atoms with Gasteiger partial charge in [-0.25, -0.2) is 9.18 Å². The first-order chi connectivity index (χ1) is 13.9. The Morgan fingerprint density at radius 1 is 1.03 bits per heavy atom. The molecule has 5 nitrogen and oxygen atoms in total. The van der Waals surface area contributed by atoms with E-state index in [1.165, 1.54) is 24.3 Å². The van der Waals surface area contributed by atoms with Crippen molar-refractivity contribution in [3.8, 4) is 0 Å². The molecule has 0 radical (unpaired) electrons. The second kappa shape index (κ2) is 8.15. The highest BCUT2D eigenvalue weighted by molar-refractivity contribution is 6.11. The summed E-state index contributed by atoms with van der Waals surface area (Å²) in [5.74, 6) is -1.19. The average molecular weight is 396 g/mol. The Balaban J connectivity index is 1.90. The van der Waals surface area contributed by atoms with Gasteiger partial charge in [0.2, 0.25) is 0 Å². The molecule has 1 heterocycles. The Morgan fingerprint density at radius 2 is 1.72 bits per heavy atom. The molecule has 6 heteroatoms. The number of benzene rings is 2. The van der Waals surface area contributed by atoms with Crippen LogP contribution < -0.4 is 5.32 Å². The summed E-state index contributed by atoms with van der Waals surface area (Å²) in [6.45, 7) is 5.41. The van der Waals surface area contributed by atoms with Gasteiger partial charge in [0.25, 0.3) is 5.91 Å². The summed E-state index contributed by atoms with van der Waals surface area (Å²) < 4.78 is 13.3. The number of nitrogens with one attached hydrogen (secondary N) is 1. The van der Waals surface area contributed by atoms with Gasteiger partial charge in [0.1, 0.15) is 11.4 Å². The van der Waals surface area contributed by atoms with Crippen LogP contribution in [0.15, 0.2) is 42.5 Å². The van der Waals surface area contributed by atoms with E-state index in [-0.39, 0.29) is 12.3 Å². The number of imide groups is 1. The molecule has 2 aromatic carbocycles. The van der Waals surface area contributed by atoms with Crippen molar-refractivity contribution in [2.75, 3.05) is 6.54 Å². The Hall–Kier alpha value is -3.02. The molecular weight excluding hydrogens is 371 g/mol. The fourth-order valence-electron chi connectivity index (χ4n) is 3.78. The lowest BCUT2D eigenvalue weighted by Crippen LogP contribution is -2.43. The molecule has 0 saturated carbocycles. The van der Waals surface area contributed by atoms with Gasteiger partial charge in [-0.3, -0.25) is 14.5 Å². The van der Waals surface area contributed by atoms with E-state index in [2.05, 4.69) is 5.32 Å². The number of carbonyl (C=O) groups is 3. The first-order valence-corrected chi connectivity index (χ1v) is 9.91. The molecule has 1 fully saturated rings. The number of hydrogen-bond donors (Lipinski definition) is 1. The van der Waals surface area contributed by atoms with Gasteiger partial charge < -0.3 is 5.32 Å². The lowest BCUT2D eigenvalue weighted by Gasteiger charge is -2.25. The second-order valence-electron chi connectivity index (χ2n) is 7.21. The number of hydrogen-bond acceptors (Lipinski definition) is 3. The highest BCUT2D eigenvalue weighted by Crippen LogP contribution is 2.32. The second-order valence-corrected chi connectivity index (χ2v) is 7.21. The summed E-state index contributed by atoms with van der Waals surface area (Å²) in [7, 11) is 0. The molecule has 0 aromatic heterocycles. The quantitative estimate of drug-likeness (QED) is 0.568. The van der Waals surface area contributed by atoms with E-state index < -0.39 is 23.3 Å². The molecule has 29 heavy (non-hydrogen) atoms. The maximum absolute atomic E-state index is 13.3. The predicted molar refractivity (Wildman–Crippen MR) is 108 cm³/mol. The van der Waals surface area contributed by atoms with Gasteiger partial charge in [0.05, 0.1) is 6.54 Å². The number of ketones is 1. The number of amides is 3. The normalized spacial score (nSPS) is 18.8. The Kier molecular flexibility index (Phi) is 5.82. The highest BCUT2D eigenvalue weighted by atomic mass is 19.1. The third-order valence-electron chi connectivity index (χ3n) is 5.61. The minimum absolute atomic E-state index is 0.272. The summed E-state index contributed by atoms with van der Waals surface area (Å²) >= 11 is 0. The van der Waals surface area contributed by atoms with E-state index in [1.807, 2.05) is 32.0 Å². The maximum atomic E-state index is 13.3. The van der Waals surface area contributed by atoms with E-state index in [1.54, 1.807) is 6.92 Å². The van der Waals surface area contributed by atoms with Gasteiger partial charge in [0, 0.05) is 5.56 Å². The monoisotopic (exact) mass is 396 g/mol. The molecule has 152 valence electrons. The maximum Gasteiger partial charge on any atom is 0.325 e. The van der Waals surface area contributed by atoms with Crippen molar-refractivity contribution in [2.24, 2.45) is 0 Å². The van der Waals surface area contributed by atoms with Crippen LogP contribution in [0.25, 0.3) is 0 Å². The number of Topliss-reactive ketones (excluding diaryl/α,β-unsaturated/α-hetero) is 1. The molecule has 1 aliphatic rings. The number of nitrogens with zero attached hydrogens (tertiary/aromatic N) is 1. The van der Waals surface area contributed by atoms with Crippen LogP contribution in [0.2, 0.25) is 0 Å². The van der Waals surface area contributed by atoms with Gasteiger partial charge in [-0.1, -0.05) is 45.0 Å². The number of carbonyl (C=O) groups excluding carboxylic acids is 3. The summed E-state index contributed by atoms with van der Waals surface area (Å²) in [6.07, 6.45) is 1.76. The molecule has 3 rings (SSSR count). The van der Waals surface area contributed by atoms with Crippen molar-refractivity contribution in [3.63, 3.8) is 0 Å². The fraction of sp³-hybridized carbons (Fsp3) is 0.348. The average Bonchev–Trinajstić information content (AvgIpc) is 2.98. The Labute approximate surface area is 169 Å². The van der Waals surface area contributed by atoms with Gasteiger partial charge in [-0.2, -0.15) is 0 Å². The topological polar surface area (TPSA) is 66.5 Å². The van der Waals surface area contributed by atoms with Gasteiger partial charge >= 0.3 is 6.03 Å². The third kappa shape index (κ3) is 3.67. The largest absolute Gasteiger partial charge is 0.325 e. The van der Waals surface area contributed by atoms with Crippen molar-refractivity contribution >= 4 is 17.7 Å². The van der Waals surface area contributed by atoms with Gasteiger partial charge in [-0.05, 0) is 54.2 Å². The van der Waals surface area contributed by atoms with Crippen LogP contribution >= 0.6 is 0 Å². The van der Waals surface area contributed by atoms with Crippen LogP contribution in [0.3, 0.4) is 0 Å². The van der Waals surface area contributed by atoms with E-state index in [9.17, 15) is 18.8 Å². The summed E-state index contributed by atoms with van der Waals surface area (Å²) in [5, 5.41) is 2.72. The molecule has 2 aromatic rings. The van der Waals surface area contributed by atoms with E-state index in [4.69, 9.17) is 0 Å². The fourth-order valence-corrected chi connectivity index (χ4v) is 3.78. The molecule has 1 saturated heterocycles. The molecule has 0 bridgehead atoms. The van der Waals surface area contributed by atoms with Gasteiger partial charge in [-0.15, -0.1) is 0 Å². The zero-order chi connectivity index (χ0) is 21.2. The van der Waals surface area contributed by atoms with Crippen LogP contribution in [0.1, 0.15) is 54.2 Å². The SMILES string of the molecule is CCc1ccc(CC)c(C(=O)CN2C(=O)NC(CC)(c3ccc(F)cc3)C2=O)c1. The Bertz CT molecular complexity index is 955. The van der Waals surface area contributed by atoms with Crippen LogP contribution in [-0.2, 0) is 23.2 Å². The molecule has 1 unspecified atom stereocenters. The lowest BCUT2D eigenvalue weighted by molar-refractivity contribution is -0.131. The van der Waals surface area contributed by atoms with Gasteiger partial charge in [0.15, 0.2) is 5.78 Å². The number of rotatable bonds is 7. The standard InChI is InChI=1S/C23H25FN2O3/c1-4-15-7-8-16(5-2)19(13-15)20(27)14-26-21(28)23(6-3,25-22(26)29)17-9-11-18(24)12-10-17/h7-13H,4-6,14H2,1-3H3,(H,25,29). The van der Waals surface area contributed by atoms with Crippen LogP contribution in [0, 0.1) is 5.82 Å². The number of halogens is 1. The zero-order valence-corrected chi connectivity index (χ0v) is 16.9. The summed E-state index contributed by atoms with van der Waals surface area (Å²) in [4.78, 5) is 39.8. The molecule has 1 atom stereocenters. The number of urea groups is 1. The first kappa shape index (κ1) is 20.7. The first-order valence-electron chi connectivity index (χ1n) is 9.91. The molecule has 3 amide bonds. The van der Waals surface area contributed by atoms with Crippen molar-refractivity contribution in [3.05, 3.63) is 70.5 Å². The van der Waals surface area contributed by atoms with Crippen molar-refractivity contribution in [1.29, 1.82) is 0 Å². The summed E-state index contributed by atoms with van der Waals surface area (Å²) in [5.41, 5.74) is 1.67. The molecular formula is C23H25FN2O3. The molecule has 0 spiro atoms. The third-order valence-corrected chi connectivity index (χ3v) is 5.61. The van der Waals surface area contributed by atoms with E-state index >= 15 is 0 Å².